The van der Waals surface area contributed by atoms with E-state index >= 15 is 0 Å². The van der Waals surface area contributed by atoms with E-state index in [-0.39, 0.29) is 28.7 Å². The molecule has 3 rings (SSSR count). The molecule has 8 heteroatoms. The first kappa shape index (κ1) is 19.0. The number of carbonyl (C=O) groups is 2. The summed E-state index contributed by atoms with van der Waals surface area (Å²) in [6.45, 7) is 0. The Hall–Kier alpha value is -2.77. The van der Waals surface area contributed by atoms with Gasteiger partial charge in [-0.25, -0.2) is 4.39 Å². The Morgan fingerprint density at radius 3 is 2.48 bits per heavy atom. The Labute approximate surface area is 163 Å². The average Bonchev–Trinajstić information content (AvgIpc) is 3.16. The third kappa shape index (κ3) is 5.12. The zero-order chi connectivity index (χ0) is 19.2. The van der Waals surface area contributed by atoms with Crippen molar-refractivity contribution in [2.24, 2.45) is 0 Å². The summed E-state index contributed by atoms with van der Waals surface area (Å²) in [5, 5.41) is 0.615. The largest absolute Gasteiger partial charge is 0.451 e. The molecule has 0 saturated heterocycles. The van der Waals surface area contributed by atoms with Crippen LogP contribution in [-0.4, -0.2) is 17.6 Å². The molecule has 27 heavy (non-hydrogen) atoms. The highest BCUT2D eigenvalue weighted by atomic mass is 35.5. The highest BCUT2D eigenvalue weighted by Crippen LogP contribution is 2.24. The molecule has 3 aromatic rings. The number of thioether (sulfide) groups is 1. The number of hydrogen-bond acceptors (Lipinski definition) is 4. The number of halogens is 2. The summed E-state index contributed by atoms with van der Waals surface area (Å²) in [7, 11) is 0. The number of furan rings is 1. The summed E-state index contributed by atoms with van der Waals surface area (Å²) in [6.07, 6.45) is 0. The number of amides is 2. The molecular weight excluding hydrogens is 391 g/mol. The predicted molar refractivity (Wildman–Crippen MR) is 102 cm³/mol. The van der Waals surface area contributed by atoms with Crippen LogP contribution in [-0.2, 0) is 4.79 Å². The molecule has 1 heterocycles. The predicted octanol–water partition coefficient (Wildman–Crippen LogP) is 4.29. The van der Waals surface area contributed by atoms with E-state index in [1.165, 1.54) is 30.0 Å². The maximum absolute atomic E-state index is 13.8. The van der Waals surface area contributed by atoms with Gasteiger partial charge in [0.05, 0.1) is 11.3 Å². The van der Waals surface area contributed by atoms with Gasteiger partial charge in [-0.15, -0.1) is 11.8 Å². The van der Waals surface area contributed by atoms with Crippen molar-refractivity contribution in [3.05, 3.63) is 77.3 Å². The van der Waals surface area contributed by atoms with Crippen molar-refractivity contribution in [1.82, 2.24) is 10.9 Å². The monoisotopic (exact) mass is 404 g/mol. The molecule has 5 nitrogen and oxygen atoms in total. The van der Waals surface area contributed by atoms with Crippen LogP contribution in [0.3, 0.4) is 0 Å². The third-order valence-corrected chi connectivity index (χ3v) is 4.73. The second-order valence-electron chi connectivity index (χ2n) is 5.39. The minimum Gasteiger partial charge on any atom is -0.451 e. The smallest absolute Gasteiger partial charge is 0.305 e. The fourth-order valence-electron chi connectivity index (χ4n) is 2.17. The first-order valence-corrected chi connectivity index (χ1v) is 9.21. The van der Waals surface area contributed by atoms with Crippen molar-refractivity contribution >= 4 is 35.2 Å². The summed E-state index contributed by atoms with van der Waals surface area (Å²) in [5.74, 6) is -1.18. The number of benzene rings is 2. The van der Waals surface area contributed by atoms with Gasteiger partial charge in [-0.05, 0) is 48.5 Å². The third-order valence-electron chi connectivity index (χ3n) is 3.47. The molecule has 2 amide bonds. The van der Waals surface area contributed by atoms with Crippen LogP contribution in [0.4, 0.5) is 4.39 Å². The average molecular weight is 405 g/mol. The van der Waals surface area contributed by atoms with Crippen molar-refractivity contribution in [2.75, 3.05) is 5.75 Å². The molecule has 2 aromatic carbocycles. The van der Waals surface area contributed by atoms with Gasteiger partial charge in [0.25, 0.3) is 0 Å². The van der Waals surface area contributed by atoms with Crippen LogP contribution in [0.2, 0.25) is 5.02 Å². The molecule has 138 valence electrons. The van der Waals surface area contributed by atoms with Gasteiger partial charge in [0.2, 0.25) is 5.91 Å². The molecule has 0 aliphatic rings. The fraction of sp³-hybridized carbons (Fsp3) is 0.0526. The van der Waals surface area contributed by atoms with Gasteiger partial charge in [0, 0.05) is 9.92 Å². The highest BCUT2D eigenvalue weighted by molar-refractivity contribution is 8.00. The molecule has 0 spiro atoms. The van der Waals surface area contributed by atoms with Crippen molar-refractivity contribution < 1.29 is 18.4 Å². The number of nitrogens with one attached hydrogen (secondary N) is 2. The quantitative estimate of drug-likeness (QED) is 0.491. The molecule has 0 aliphatic carbocycles. The standard InChI is InChI=1S/C19H14ClFN2O3S/c20-12-5-7-13(8-6-12)27-11-18(24)22-23-19(25)17-10-9-16(26-17)14-3-1-2-4-15(14)21/h1-10H,11H2,(H,22,24)(H,23,25). The van der Waals surface area contributed by atoms with Gasteiger partial charge >= 0.3 is 5.91 Å². The van der Waals surface area contributed by atoms with E-state index in [0.717, 1.165) is 4.90 Å². The van der Waals surface area contributed by atoms with Crippen LogP contribution >= 0.6 is 23.4 Å². The highest BCUT2D eigenvalue weighted by Gasteiger charge is 2.15. The Bertz CT molecular complexity index is 960. The summed E-state index contributed by atoms with van der Waals surface area (Å²) in [4.78, 5) is 24.8. The van der Waals surface area contributed by atoms with Gasteiger partial charge in [-0.2, -0.15) is 0 Å². The van der Waals surface area contributed by atoms with E-state index in [9.17, 15) is 14.0 Å². The first-order chi connectivity index (χ1) is 13.0. The van der Waals surface area contributed by atoms with Gasteiger partial charge in [0.15, 0.2) is 5.76 Å². The molecule has 0 radical (unpaired) electrons. The minimum absolute atomic E-state index is 0.0427. The first-order valence-electron chi connectivity index (χ1n) is 7.85. The Balaban J connectivity index is 1.51. The number of hydrazine groups is 1. The van der Waals surface area contributed by atoms with Crippen molar-refractivity contribution in [3.8, 4) is 11.3 Å². The second kappa shape index (κ2) is 8.75. The number of carbonyl (C=O) groups excluding carboxylic acids is 2. The summed E-state index contributed by atoms with van der Waals surface area (Å²) >= 11 is 7.10. The van der Waals surface area contributed by atoms with E-state index in [2.05, 4.69) is 10.9 Å². The molecular formula is C19H14ClFN2O3S. The van der Waals surface area contributed by atoms with Crippen LogP contribution in [0.5, 0.6) is 0 Å². The van der Waals surface area contributed by atoms with E-state index in [0.29, 0.717) is 5.02 Å². The minimum atomic E-state index is -0.637. The lowest BCUT2D eigenvalue weighted by atomic mass is 10.1. The van der Waals surface area contributed by atoms with Gasteiger partial charge in [-0.3, -0.25) is 20.4 Å². The molecule has 2 N–H and O–H groups in total. The normalized spacial score (nSPS) is 10.4. The van der Waals surface area contributed by atoms with Crippen LogP contribution < -0.4 is 10.9 Å². The molecule has 0 aliphatic heterocycles. The lowest BCUT2D eigenvalue weighted by Gasteiger charge is -2.06. The maximum Gasteiger partial charge on any atom is 0.305 e. The zero-order valence-electron chi connectivity index (χ0n) is 13.9. The van der Waals surface area contributed by atoms with Gasteiger partial charge in [0.1, 0.15) is 11.6 Å². The van der Waals surface area contributed by atoms with Crippen LogP contribution in [0, 0.1) is 5.82 Å². The van der Waals surface area contributed by atoms with E-state index in [4.69, 9.17) is 16.0 Å². The zero-order valence-corrected chi connectivity index (χ0v) is 15.4. The van der Waals surface area contributed by atoms with Crippen molar-refractivity contribution in [3.63, 3.8) is 0 Å². The van der Waals surface area contributed by atoms with Crippen LogP contribution in [0.25, 0.3) is 11.3 Å². The lowest BCUT2D eigenvalue weighted by Crippen LogP contribution is -2.42. The van der Waals surface area contributed by atoms with E-state index in [1.807, 2.05) is 0 Å². The topological polar surface area (TPSA) is 71.3 Å². The lowest BCUT2D eigenvalue weighted by molar-refractivity contribution is -0.119. The Morgan fingerprint density at radius 1 is 1.00 bits per heavy atom. The molecule has 0 saturated carbocycles. The molecule has 0 unspecified atom stereocenters. The Kier molecular flexibility index (Phi) is 6.16. The van der Waals surface area contributed by atoms with Crippen LogP contribution in [0.1, 0.15) is 10.6 Å². The molecule has 0 bridgehead atoms. The molecule has 1 aromatic heterocycles. The maximum atomic E-state index is 13.8. The number of hydrogen-bond donors (Lipinski definition) is 2. The Morgan fingerprint density at radius 2 is 1.74 bits per heavy atom. The SMILES string of the molecule is O=C(CSc1ccc(Cl)cc1)NNC(=O)c1ccc(-c2ccccc2F)o1. The van der Waals surface area contributed by atoms with Crippen molar-refractivity contribution in [2.45, 2.75) is 4.90 Å². The second-order valence-corrected chi connectivity index (χ2v) is 6.87. The summed E-state index contributed by atoms with van der Waals surface area (Å²) < 4.78 is 19.1. The summed E-state index contributed by atoms with van der Waals surface area (Å²) in [5.41, 5.74) is 4.82. The molecule has 0 fully saturated rings. The van der Waals surface area contributed by atoms with Crippen molar-refractivity contribution in [1.29, 1.82) is 0 Å². The fourth-order valence-corrected chi connectivity index (χ4v) is 2.99. The van der Waals surface area contributed by atoms with Gasteiger partial charge < -0.3 is 4.42 Å². The van der Waals surface area contributed by atoms with E-state index < -0.39 is 11.7 Å². The molecule has 0 atom stereocenters. The van der Waals surface area contributed by atoms with E-state index in [1.54, 1.807) is 42.5 Å². The summed E-state index contributed by atoms with van der Waals surface area (Å²) in [6, 6.07) is 16.0. The van der Waals surface area contributed by atoms with Gasteiger partial charge in [-0.1, -0.05) is 23.7 Å². The number of rotatable bonds is 5. The van der Waals surface area contributed by atoms with Crippen LogP contribution in [0.15, 0.2) is 70.0 Å².